The fraction of sp³-hybridized carbons (Fsp3) is 0.368. The van der Waals surface area contributed by atoms with E-state index in [2.05, 4.69) is 20.6 Å². The van der Waals surface area contributed by atoms with Crippen molar-refractivity contribution in [3.8, 4) is 5.75 Å². The van der Waals surface area contributed by atoms with Gasteiger partial charge < -0.3 is 20.5 Å². The summed E-state index contributed by atoms with van der Waals surface area (Å²) in [6.07, 6.45) is 2.57. The molecule has 1 heterocycles. The van der Waals surface area contributed by atoms with E-state index < -0.39 is 6.10 Å². The van der Waals surface area contributed by atoms with Crippen molar-refractivity contribution >= 4 is 41.5 Å². The Morgan fingerprint density at radius 1 is 1.19 bits per heavy atom. The Hall–Kier alpha value is -1.58. The first-order valence-electron chi connectivity index (χ1n) is 8.61. The third kappa shape index (κ3) is 8.77. The van der Waals surface area contributed by atoms with Gasteiger partial charge in [0.1, 0.15) is 11.9 Å². The Balaban J connectivity index is 0.00000364. The topological polar surface area (TPSA) is 78.8 Å². The number of rotatable bonds is 8. The summed E-state index contributed by atoms with van der Waals surface area (Å²) in [5.74, 6) is 1.39. The second kappa shape index (κ2) is 12.7. The maximum Gasteiger partial charge on any atom is 0.191 e. The number of nitrogens with zero attached hydrogens (tertiary/aromatic N) is 2. The normalized spacial score (nSPS) is 13.3. The van der Waals surface area contributed by atoms with Gasteiger partial charge in [-0.3, -0.25) is 9.98 Å². The van der Waals surface area contributed by atoms with Gasteiger partial charge in [0, 0.05) is 24.0 Å². The molecule has 2 unspecified atom stereocenters. The van der Waals surface area contributed by atoms with Gasteiger partial charge in [-0.25, -0.2) is 0 Å². The molecule has 2 atom stereocenters. The lowest BCUT2D eigenvalue weighted by Gasteiger charge is -2.18. The van der Waals surface area contributed by atoms with Gasteiger partial charge in [-0.05, 0) is 55.8 Å². The summed E-state index contributed by atoms with van der Waals surface area (Å²) in [6.45, 7) is 5.51. The van der Waals surface area contributed by atoms with E-state index in [0.717, 1.165) is 17.9 Å². The Morgan fingerprint density at radius 2 is 1.85 bits per heavy atom. The number of aliphatic hydroxyl groups excluding tert-OH is 1. The average molecular weight is 505 g/mol. The Kier molecular flexibility index (Phi) is 11.1. The smallest absolute Gasteiger partial charge is 0.191 e. The highest BCUT2D eigenvalue weighted by Crippen LogP contribution is 2.16. The van der Waals surface area contributed by atoms with Crippen molar-refractivity contribution in [3.05, 3.63) is 59.4 Å². The first-order valence-corrected chi connectivity index (χ1v) is 8.98. The fourth-order valence-corrected chi connectivity index (χ4v) is 2.36. The first kappa shape index (κ1) is 23.5. The van der Waals surface area contributed by atoms with Crippen molar-refractivity contribution in [2.45, 2.75) is 26.1 Å². The third-order valence-corrected chi connectivity index (χ3v) is 3.82. The zero-order chi connectivity index (χ0) is 18.8. The molecule has 0 fully saturated rings. The molecule has 0 spiro atoms. The van der Waals surface area contributed by atoms with Crippen molar-refractivity contribution in [2.24, 2.45) is 4.99 Å². The van der Waals surface area contributed by atoms with E-state index in [-0.39, 0.29) is 36.6 Å². The van der Waals surface area contributed by atoms with Gasteiger partial charge in [-0.2, -0.15) is 0 Å². The lowest BCUT2D eigenvalue weighted by atomic mass is 10.1. The molecule has 148 valence electrons. The number of aliphatic hydroxyl groups is 1. The summed E-state index contributed by atoms with van der Waals surface area (Å²) in [4.78, 5) is 8.38. The highest BCUT2D eigenvalue weighted by molar-refractivity contribution is 14.0. The van der Waals surface area contributed by atoms with Gasteiger partial charge in [-0.15, -0.1) is 24.0 Å². The maximum atomic E-state index is 10.2. The summed E-state index contributed by atoms with van der Waals surface area (Å²) in [6, 6.07) is 10.8. The molecule has 2 rings (SSSR count). The molecule has 2 aromatic rings. The molecule has 0 aliphatic heterocycles. The van der Waals surface area contributed by atoms with Crippen molar-refractivity contribution in [1.82, 2.24) is 15.6 Å². The molecular weight excluding hydrogens is 479 g/mol. The van der Waals surface area contributed by atoms with Crippen LogP contribution in [0.5, 0.6) is 5.75 Å². The second-order valence-corrected chi connectivity index (χ2v) is 6.22. The van der Waals surface area contributed by atoms with Crippen molar-refractivity contribution in [2.75, 3.05) is 19.6 Å². The lowest BCUT2D eigenvalue weighted by Crippen LogP contribution is -2.42. The van der Waals surface area contributed by atoms with Gasteiger partial charge in [0.15, 0.2) is 5.96 Å². The third-order valence-electron chi connectivity index (χ3n) is 3.57. The number of guanidine groups is 1. The van der Waals surface area contributed by atoms with E-state index in [0.29, 0.717) is 17.5 Å². The summed E-state index contributed by atoms with van der Waals surface area (Å²) >= 11 is 5.87. The zero-order valence-corrected chi connectivity index (χ0v) is 18.5. The molecule has 0 aliphatic rings. The van der Waals surface area contributed by atoms with Gasteiger partial charge in [0.2, 0.25) is 0 Å². The minimum atomic E-state index is -0.670. The Bertz CT molecular complexity index is 686. The zero-order valence-electron chi connectivity index (χ0n) is 15.4. The molecule has 0 bridgehead atoms. The number of aromatic nitrogens is 1. The molecule has 3 N–H and O–H groups in total. The molecule has 8 heteroatoms. The van der Waals surface area contributed by atoms with Crippen LogP contribution in [-0.2, 0) is 0 Å². The molecule has 1 aromatic carbocycles. The van der Waals surface area contributed by atoms with Crippen LogP contribution in [0.15, 0.2) is 53.8 Å². The van der Waals surface area contributed by atoms with Crippen LogP contribution in [0.25, 0.3) is 0 Å². The lowest BCUT2D eigenvalue weighted by molar-refractivity contribution is 0.187. The number of pyridine rings is 1. The highest BCUT2D eigenvalue weighted by atomic mass is 127. The summed E-state index contributed by atoms with van der Waals surface area (Å²) in [5, 5.41) is 17.3. The minimum absolute atomic E-state index is 0. The van der Waals surface area contributed by atoms with Crippen LogP contribution in [0, 0.1) is 0 Å². The minimum Gasteiger partial charge on any atom is -0.489 e. The SMILES string of the molecule is CCNC(=NCC(O)c1ccncc1)NCC(C)Oc1ccc(Cl)cc1.I. The second-order valence-electron chi connectivity index (χ2n) is 5.78. The number of hydrogen-bond donors (Lipinski definition) is 3. The molecule has 0 radical (unpaired) electrons. The molecule has 0 amide bonds. The predicted octanol–water partition coefficient (Wildman–Crippen LogP) is 3.41. The Labute approximate surface area is 182 Å². The number of hydrogen-bond acceptors (Lipinski definition) is 4. The van der Waals surface area contributed by atoms with Crippen LogP contribution in [0.4, 0.5) is 0 Å². The summed E-state index contributed by atoms with van der Waals surface area (Å²) < 4.78 is 5.83. The highest BCUT2D eigenvalue weighted by Gasteiger charge is 2.09. The number of ether oxygens (including phenoxy) is 1. The van der Waals surface area contributed by atoms with Crippen LogP contribution in [0.3, 0.4) is 0 Å². The van der Waals surface area contributed by atoms with Crippen LogP contribution < -0.4 is 15.4 Å². The predicted molar refractivity (Wildman–Crippen MR) is 120 cm³/mol. The van der Waals surface area contributed by atoms with Crippen LogP contribution >= 0.6 is 35.6 Å². The van der Waals surface area contributed by atoms with E-state index in [9.17, 15) is 5.11 Å². The largest absolute Gasteiger partial charge is 0.489 e. The quantitative estimate of drug-likeness (QED) is 0.292. The molecule has 0 saturated carbocycles. The molecule has 0 aliphatic carbocycles. The van der Waals surface area contributed by atoms with E-state index in [1.807, 2.05) is 26.0 Å². The molecule has 0 saturated heterocycles. The number of aliphatic imine (C=N–C) groups is 1. The van der Waals surface area contributed by atoms with E-state index in [1.165, 1.54) is 0 Å². The average Bonchev–Trinajstić information content (AvgIpc) is 2.66. The van der Waals surface area contributed by atoms with E-state index in [1.54, 1.807) is 36.7 Å². The van der Waals surface area contributed by atoms with Crippen molar-refractivity contribution < 1.29 is 9.84 Å². The van der Waals surface area contributed by atoms with Crippen molar-refractivity contribution in [3.63, 3.8) is 0 Å². The standard InChI is InChI=1S/C19H25ClN4O2.HI/c1-3-22-19(24-13-18(25)15-8-10-21-11-9-15)23-12-14(2)26-17-6-4-16(20)5-7-17;/h4-11,14,18,25H,3,12-13H2,1-2H3,(H2,22,23,24);1H. The first-order chi connectivity index (χ1) is 12.6. The van der Waals surface area contributed by atoms with Gasteiger partial charge in [-0.1, -0.05) is 11.6 Å². The Morgan fingerprint density at radius 3 is 2.48 bits per heavy atom. The fourth-order valence-electron chi connectivity index (χ4n) is 2.24. The number of nitrogens with one attached hydrogen (secondary N) is 2. The van der Waals surface area contributed by atoms with E-state index >= 15 is 0 Å². The molecule has 6 nitrogen and oxygen atoms in total. The molecule has 1 aromatic heterocycles. The maximum absolute atomic E-state index is 10.2. The number of benzene rings is 1. The van der Waals surface area contributed by atoms with Gasteiger partial charge in [0.05, 0.1) is 19.2 Å². The van der Waals surface area contributed by atoms with E-state index in [4.69, 9.17) is 16.3 Å². The summed E-state index contributed by atoms with van der Waals surface area (Å²) in [7, 11) is 0. The molecular formula is C19H26ClIN4O2. The van der Waals surface area contributed by atoms with Crippen LogP contribution in [-0.4, -0.2) is 41.8 Å². The van der Waals surface area contributed by atoms with Gasteiger partial charge >= 0.3 is 0 Å². The van der Waals surface area contributed by atoms with Crippen LogP contribution in [0.1, 0.15) is 25.5 Å². The molecule has 27 heavy (non-hydrogen) atoms. The monoisotopic (exact) mass is 504 g/mol. The van der Waals surface area contributed by atoms with Crippen molar-refractivity contribution in [1.29, 1.82) is 0 Å². The number of halogens is 2. The van der Waals surface area contributed by atoms with Crippen LogP contribution in [0.2, 0.25) is 5.02 Å². The van der Waals surface area contributed by atoms with Gasteiger partial charge in [0.25, 0.3) is 0 Å². The summed E-state index contributed by atoms with van der Waals surface area (Å²) in [5.41, 5.74) is 0.791.